The van der Waals surface area contributed by atoms with E-state index in [1.54, 1.807) is 24.3 Å². The molecule has 0 heterocycles. The lowest BCUT2D eigenvalue weighted by molar-refractivity contribution is 0.680. The zero-order chi connectivity index (χ0) is 16.1. The van der Waals surface area contributed by atoms with Gasteiger partial charge in [-0.3, -0.25) is 4.21 Å². The lowest BCUT2D eigenvalue weighted by atomic mass is 10.2. The van der Waals surface area contributed by atoms with Crippen LogP contribution in [0.25, 0.3) is 0 Å². The number of hydrogen-bond donors (Lipinski definition) is 0. The molecule has 0 N–H and O–H groups in total. The van der Waals surface area contributed by atoms with Crippen LogP contribution < -0.4 is 0 Å². The molecule has 0 bridgehead atoms. The highest BCUT2D eigenvalue weighted by molar-refractivity contribution is 7.85. The Labute approximate surface area is 141 Å². The summed E-state index contributed by atoms with van der Waals surface area (Å²) in [6, 6.07) is 26.3. The molecule has 0 aromatic heterocycles. The van der Waals surface area contributed by atoms with Gasteiger partial charge in [-0.1, -0.05) is 48.5 Å². The van der Waals surface area contributed by atoms with Gasteiger partial charge in [-0.2, -0.15) is 0 Å². The van der Waals surface area contributed by atoms with Crippen LogP contribution in [0.1, 0.15) is 5.56 Å². The second-order valence-electron chi connectivity index (χ2n) is 5.03. The van der Waals surface area contributed by atoms with Gasteiger partial charge in [0.25, 0.3) is 0 Å². The summed E-state index contributed by atoms with van der Waals surface area (Å²) >= 11 is 0. The molecule has 0 spiro atoms. The van der Waals surface area contributed by atoms with Gasteiger partial charge in [-0.25, -0.2) is 4.21 Å². The number of hydrogen-bond acceptors (Lipinski definition) is 2. The van der Waals surface area contributed by atoms with Gasteiger partial charge in [-0.05, 0) is 42.0 Å². The van der Waals surface area contributed by atoms with Crippen molar-refractivity contribution >= 4 is 21.6 Å². The van der Waals surface area contributed by atoms with Crippen LogP contribution in [-0.4, -0.2) is 8.42 Å². The first kappa shape index (κ1) is 15.8. The first-order valence-corrected chi connectivity index (χ1v) is 9.70. The molecule has 0 radical (unpaired) electrons. The maximum atomic E-state index is 12.5. The molecule has 0 aliphatic heterocycles. The molecule has 4 heteroatoms. The molecule has 116 valence electrons. The quantitative estimate of drug-likeness (QED) is 0.699. The minimum Gasteiger partial charge on any atom is -0.254 e. The van der Waals surface area contributed by atoms with E-state index in [1.807, 2.05) is 60.7 Å². The van der Waals surface area contributed by atoms with Crippen LogP contribution in [-0.2, 0) is 27.4 Å². The summed E-state index contributed by atoms with van der Waals surface area (Å²) in [5, 5.41) is 0. The molecule has 0 saturated heterocycles. The summed E-state index contributed by atoms with van der Waals surface area (Å²) in [6.45, 7) is 0. The van der Waals surface area contributed by atoms with Crippen molar-refractivity contribution in [1.29, 1.82) is 0 Å². The fourth-order valence-electron chi connectivity index (χ4n) is 2.20. The van der Waals surface area contributed by atoms with Gasteiger partial charge >= 0.3 is 0 Å². The van der Waals surface area contributed by atoms with E-state index in [4.69, 9.17) is 0 Å². The van der Waals surface area contributed by atoms with Crippen LogP contribution in [0.2, 0.25) is 0 Å². The van der Waals surface area contributed by atoms with E-state index >= 15 is 0 Å². The Bertz CT molecular complexity index is 813. The Morgan fingerprint density at radius 1 is 0.565 bits per heavy atom. The van der Waals surface area contributed by atoms with Gasteiger partial charge in [0.2, 0.25) is 0 Å². The van der Waals surface area contributed by atoms with E-state index in [-0.39, 0.29) is 0 Å². The molecule has 2 unspecified atom stereocenters. The molecule has 0 aliphatic rings. The maximum Gasteiger partial charge on any atom is 0.0849 e. The van der Waals surface area contributed by atoms with E-state index in [0.29, 0.717) is 5.75 Å². The lowest BCUT2D eigenvalue weighted by Gasteiger charge is -2.05. The first-order valence-electron chi connectivity index (χ1n) is 7.23. The summed E-state index contributed by atoms with van der Waals surface area (Å²) in [5.74, 6) is 0.488. The fourth-order valence-corrected chi connectivity index (χ4v) is 4.37. The third-order valence-corrected chi connectivity index (χ3v) is 6.19. The molecule has 0 amide bonds. The van der Waals surface area contributed by atoms with Crippen LogP contribution in [0, 0.1) is 0 Å². The van der Waals surface area contributed by atoms with Crippen LogP contribution in [0.3, 0.4) is 0 Å². The topological polar surface area (TPSA) is 34.1 Å². The van der Waals surface area contributed by atoms with E-state index in [2.05, 4.69) is 0 Å². The maximum absolute atomic E-state index is 12.5. The Morgan fingerprint density at radius 2 is 1.04 bits per heavy atom. The average molecular weight is 340 g/mol. The summed E-state index contributed by atoms with van der Waals surface area (Å²) in [7, 11) is -2.30. The molecule has 0 aliphatic carbocycles. The van der Waals surface area contributed by atoms with Crippen LogP contribution in [0.15, 0.2) is 99.6 Å². The molecule has 3 aromatic carbocycles. The van der Waals surface area contributed by atoms with Crippen molar-refractivity contribution in [1.82, 2.24) is 0 Å². The predicted molar refractivity (Wildman–Crippen MR) is 94.1 cm³/mol. The standard InChI is InChI=1S/C19H16O2S2/c20-22(15-16-7-3-1-4-8-16)17-11-13-19(14-12-17)23(21)18-9-5-2-6-10-18/h1-14H,15H2. The molecule has 23 heavy (non-hydrogen) atoms. The minimum atomic E-state index is -1.21. The van der Waals surface area contributed by atoms with Gasteiger partial charge < -0.3 is 0 Å². The molecule has 0 fully saturated rings. The molecule has 0 saturated carbocycles. The molecule has 3 aromatic rings. The van der Waals surface area contributed by atoms with Crippen molar-refractivity contribution in [3.63, 3.8) is 0 Å². The zero-order valence-electron chi connectivity index (χ0n) is 12.4. The Kier molecular flexibility index (Phi) is 5.16. The lowest BCUT2D eigenvalue weighted by Crippen LogP contribution is -1.98. The van der Waals surface area contributed by atoms with E-state index in [9.17, 15) is 8.42 Å². The minimum absolute atomic E-state index is 0.488. The second-order valence-corrected chi connectivity index (χ2v) is 7.96. The Balaban J connectivity index is 1.74. The SMILES string of the molecule is O=S(Cc1ccccc1)c1ccc(S(=O)c2ccccc2)cc1. The number of rotatable bonds is 5. The van der Waals surface area contributed by atoms with E-state index < -0.39 is 21.6 Å². The van der Waals surface area contributed by atoms with E-state index in [1.165, 1.54) is 0 Å². The third kappa shape index (κ3) is 4.03. The highest BCUT2D eigenvalue weighted by atomic mass is 32.2. The fraction of sp³-hybridized carbons (Fsp3) is 0.0526. The van der Waals surface area contributed by atoms with Crippen LogP contribution >= 0.6 is 0 Å². The average Bonchev–Trinajstić information content (AvgIpc) is 2.63. The largest absolute Gasteiger partial charge is 0.254 e. The summed E-state index contributed by atoms with van der Waals surface area (Å²) in [4.78, 5) is 2.24. The summed E-state index contributed by atoms with van der Waals surface area (Å²) in [6.07, 6.45) is 0. The highest BCUT2D eigenvalue weighted by Crippen LogP contribution is 2.19. The van der Waals surface area contributed by atoms with Crippen molar-refractivity contribution in [2.75, 3.05) is 0 Å². The highest BCUT2D eigenvalue weighted by Gasteiger charge is 2.09. The van der Waals surface area contributed by atoms with Crippen molar-refractivity contribution in [3.05, 3.63) is 90.5 Å². The van der Waals surface area contributed by atoms with Gasteiger partial charge in [0.1, 0.15) is 0 Å². The molecular weight excluding hydrogens is 324 g/mol. The second kappa shape index (κ2) is 7.49. The third-order valence-electron chi connectivity index (χ3n) is 3.40. The van der Waals surface area contributed by atoms with Gasteiger partial charge in [0.15, 0.2) is 0 Å². The summed E-state index contributed by atoms with van der Waals surface area (Å²) in [5.41, 5.74) is 1.04. The van der Waals surface area contributed by atoms with Crippen molar-refractivity contribution < 1.29 is 8.42 Å². The van der Waals surface area contributed by atoms with E-state index in [0.717, 1.165) is 20.2 Å². The summed E-state index contributed by atoms with van der Waals surface area (Å²) < 4.78 is 24.9. The number of benzene rings is 3. The first-order chi connectivity index (χ1) is 11.2. The van der Waals surface area contributed by atoms with Crippen LogP contribution in [0.4, 0.5) is 0 Å². The Hall–Kier alpha value is -2.04. The van der Waals surface area contributed by atoms with Gasteiger partial charge in [-0.15, -0.1) is 0 Å². The normalized spacial score (nSPS) is 13.4. The molecule has 2 atom stereocenters. The molecular formula is C19H16O2S2. The monoisotopic (exact) mass is 340 g/mol. The van der Waals surface area contributed by atoms with Crippen LogP contribution in [0.5, 0.6) is 0 Å². The van der Waals surface area contributed by atoms with Crippen molar-refractivity contribution in [2.45, 2.75) is 20.4 Å². The van der Waals surface area contributed by atoms with Crippen molar-refractivity contribution in [3.8, 4) is 0 Å². The predicted octanol–water partition coefficient (Wildman–Crippen LogP) is 4.16. The zero-order valence-corrected chi connectivity index (χ0v) is 14.1. The molecule has 3 rings (SSSR count). The Morgan fingerprint density at radius 3 is 1.65 bits per heavy atom. The smallest absolute Gasteiger partial charge is 0.0849 e. The molecule has 2 nitrogen and oxygen atoms in total. The van der Waals surface area contributed by atoms with Crippen molar-refractivity contribution in [2.24, 2.45) is 0 Å². The van der Waals surface area contributed by atoms with Gasteiger partial charge in [0.05, 0.1) is 27.4 Å². The van der Waals surface area contributed by atoms with Gasteiger partial charge in [0, 0.05) is 14.7 Å².